The van der Waals surface area contributed by atoms with Crippen molar-refractivity contribution in [3.8, 4) is 5.75 Å². The summed E-state index contributed by atoms with van der Waals surface area (Å²) in [5.74, 6) is 0.527. The van der Waals surface area contributed by atoms with Gasteiger partial charge in [-0.25, -0.2) is 0 Å². The Morgan fingerprint density at radius 2 is 1.44 bits per heavy atom. The lowest BCUT2D eigenvalue weighted by Crippen LogP contribution is -2.52. The molecule has 0 aliphatic rings. The van der Waals surface area contributed by atoms with Gasteiger partial charge in [-0.1, -0.05) is 79.7 Å². The van der Waals surface area contributed by atoms with E-state index in [-0.39, 0.29) is 24.3 Å². The second kappa shape index (κ2) is 12.6. The number of benzene rings is 3. The van der Waals surface area contributed by atoms with E-state index >= 15 is 0 Å². The monoisotopic (exact) mass is 458 g/mol. The number of amides is 2. The molecule has 5 heteroatoms. The van der Waals surface area contributed by atoms with Crippen LogP contribution in [-0.4, -0.2) is 35.9 Å². The molecule has 0 aliphatic carbocycles. The lowest BCUT2D eigenvalue weighted by Gasteiger charge is -2.32. The van der Waals surface area contributed by atoms with Gasteiger partial charge in [0.2, 0.25) is 11.8 Å². The minimum Gasteiger partial charge on any atom is -0.497 e. The van der Waals surface area contributed by atoms with Crippen LogP contribution in [0.25, 0.3) is 0 Å². The van der Waals surface area contributed by atoms with Crippen LogP contribution >= 0.6 is 0 Å². The number of hydrogen-bond acceptors (Lipinski definition) is 3. The first kappa shape index (κ1) is 25.0. The SMILES string of the molecule is CC[C@H](C)NC(=O)[C@H](Cc1ccccc1)N(Cc1ccccc1)C(=O)Cc1ccc(OC)cc1. The van der Waals surface area contributed by atoms with Crippen molar-refractivity contribution < 1.29 is 14.3 Å². The van der Waals surface area contributed by atoms with Crippen molar-refractivity contribution in [2.24, 2.45) is 0 Å². The number of carbonyl (C=O) groups is 2. The molecule has 0 unspecified atom stereocenters. The molecule has 0 saturated heterocycles. The van der Waals surface area contributed by atoms with Crippen LogP contribution in [-0.2, 0) is 29.0 Å². The molecule has 3 aromatic carbocycles. The lowest BCUT2D eigenvalue weighted by atomic mass is 10.0. The zero-order valence-corrected chi connectivity index (χ0v) is 20.2. The fourth-order valence-corrected chi connectivity index (χ4v) is 3.79. The summed E-state index contributed by atoms with van der Waals surface area (Å²) in [4.78, 5) is 28.9. The van der Waals surface area contributed by atoms with Crippen LogP contribution in [0.1, 0.15) is 37.0 Å². The Hall–Kier alpha value is -3.60. The number of nitrogens with zero attached hydrogens (tertiary/aromatic N) is 1. The molecule has 0 aromatic heterocycles. The van der Waals surface area contributed by atoms with E-state index in [2.05, 4.69) is 5.32 Å². The molecule has 3 rings (SSSR count). The van der Waals surface area contributed by atoms with Crippen molar-refractivity contribution in [3.05, 3.63) is 102 Å². The smallest absolute Gasteiger partial charge is 0.243 e. The number of hydrogen-bond donors (Lipinski definition) is 1. The minimum atomic E-state index is -0.623. The van der Waals surface area contributed by atoms with Crippen LogP contribution in [0.2, 0.25) is 0 Å². The summed E-state index contributed by atoms with van der Waals surface area (Å²) in [7, 11) is 1.62. The van der Waals surface area contributed by atoms with Crippen LogP contribution in [0.3, 0.4) is 0 Å². The average molecular weight is 459 g/mol. The van der Waals surface area contributed by atoms with E-state index in [0.29, 0.717) is 13.0 Å². The molecule has 0 saturated carbocycles. The molecule has 178 valence electrons. The molecule has 2 atom stereocenters. The standard InChI is InChI=1S/C29H34N2O3/c1-4-22(2)30-29(33)27(19-23-11-7-5-8-12-23)31(21-25-13-9-6-10-14-25)28(32)20-24-15-17-26(34-3)18-16-24/h5-18,22,27H,4,19-21H2,1-3H3,(H,30,33)/t22-,27-/m0/s1. The van der Waals surface area contributed by atoms with Gasteiger partial charge in [-0.2, -0.15) is 0 Å². The van der Waals surface area contributed by atoms with E-state index in [9.17, 15) is 9.59 Å². The van der Waals surface area contributed by atoms with Gasteiger partial charge in [0.1, 0.15) is 11.8 Å². The van der Waals surface area contributed by atoms with Crippen LogP contribution in [0, 0.1) is 0 Å². The number of nitrogens with one attached hydrogen (secondary N) is 1. The Morgan fingerprint density at radius 3 is 2.00 bits per heavy atom. The Bertz CT molecular complexity index is 1040. The highest BCUT2D eigenvalue weighted by Gasteiger charge is 2.30. The number of methoxy groups -OCH3 is 1. The summed E-state index contributed by atoms with van der Waals surface area (Å²) >= 11 is 0. The molecule has 34 heavy (non-hydrogen) atoms. The molecule has 3 aromatic rings. The van der Waals surface area contributed by atoms with Gasteiger partial charge in [0.15, 0.2) is 0 Å². The lowest BCUT2D eigenvalue weighted by molar-refractivity contribution is -0.141. The Balaban J connectivity index is 1.93. The summed E-state index contributed by atoms with van der Waals surface area (Å²) in [6.45, 7) is 4.38. The average Bonchev–Trinajstić information content (AvgIpc) is 2.87. The molecular formula is C29H34N2O3. The van der Waals surface area contributed by atoms with Crippen LogP contribution in [0.5, 0.6) is 5.75 Å². The summed E-state index contributed by atoms with van der Waals surface area (Å²) in [6.07, 6.45) is 1.48. The molecule has 5 nitrogen and oxygen atoms in total. The molecule has 0 bridgehead atoms. The molecule has 2 amide bonds. The largest absolute Gasteiger partial charge is 0.497 e. The van der Waals surface area contributed by atoms with Crippen LogP contribution in [0.15, 0.2) is 84.9 Å². The third-order valence-electron chi connectivity index (χ3n) is 5.98. The summed E-state index contributed by atoms with van der Waals surface area (Å²) in [5, 5.41) is 3.10. The van der Waals surface area contributed by atoms with Gasteiger partial charge in [-0.3, -0.25) is 9.59 Å². The highest BCUT2D eigenvalue weighted by atomic mass is 16.5. The normalized spacial score (nSPS) is 12.4. The Labute approximate surface area is 202 Å². The number of carbonyl (C=O) groups excluding carboxylic acids is 2. The van der Waals surface area contributed by atoms with Crippen molar-refractivity contribution in [3.63, 3.8) is 0 Å². The summed E-state index contributed by atoms with van der Waals surface area (Å²) in [5.41, 5.74) is 2.88. The van der Waals surface area contributed by atoms with Crippen molar-refractivity contribution in [1.82, 2.24) is 10.2 Å². The van der Waals surface area contributed by atoms with E-state index < -0.39 is 6.04 Å². The third kappa shape index (κ3) is 7.20. The van der Waals surface area contributed by atoms with Crippen molar-refractivity contribution >= 4 is 11.8 Å². The van der Waals surface area contributed by atoms with Gasteiger partial charge in [0.25, 0.3) is 0 Å². The summed E-state index contributed by atoms with van der Waals surface area (Å²) < 4.78 is 5.24. The fraction of sp³-hybridized carbons (Fsp3) is 0.310. The van der Waals surface area contributed by atoms with Crippen LogP contribution in [0.4, 0.5) is 0 Å². The quantitative estimate of drug-likeness (QED) is 0.449. The predicted molar refractivity (Wildman–Crippen MR) is 136 cm³/mol. The predicted octanol–water partition coefficient (Wildman–Crippen LogP) is 4.79. The van der Waals surface area contributed by atoms with Crippen LogP contribution < -0.4 is 10.1 Å². The van der Waals surface area contributed by atoms with Gasteiger partial charge in [-0.15, -0.1) is 0 Å². The maximum Gasteiger partial charge on any atom is 0.243 e. The van der Waals surface area contributed by atoms with Crippen molar-refractivity contribution in [2.75, 3.05) is 7.11 Å². The topological polar surface area (TPSA) is 58.6 Å². The maximum atomic E-state index is 13.7. The first-order chi connectivity index (χ1) is 16.5. The van der Waals surface area contributed by atoms with Gasteiger partial charge in [-0.05, 0) is 42.2 Å². The third-order valence-corrected chi connectivity index (χ3v) is 5.98. The molecule has 1 N–H and O–H groups in total. The highest BCUT2D eigenvalue weighted by molar-refractivity contribution is 5.89. The van der Waals surface area contributed by atoms with Gasteiger partial charge < -0.3 is 15.0 Å². The van der Waals surface area contributed by atoms with E-state index in [0.717, 1.165) is 28.9 Å². The molecule has 0 aliphatic heterocycles. The first-order valence-corrected chi connectivity index (χ1v) is 11.8. The number of ether oxygens (including phenoxy) is 1. The van der Waals surface area contributed by atoms with Gasteiger partial charge in [0, 0.05) is 19.0 Å². The zero-order valence-electron chi connectivity index (χ0n) is 20.2. The molecule has 0 radical (unpaired) electrons. The maximum absolute atomic E-state index is 13.7. The Morgan fingerprint density at radius 1 is 0.853 bits per heavy atom. The second-order valence-electron chi connectivity index (χ2n) is 8.56. The van der Waals surface area contributed by atoms with Crippen molar-refractivity contribution in [2.45, 2.75) is 51.7 Å². The minimum absolute atomic E-state index is 0.0287. The van der Waals surface area contributed by atoms with E-state index in [1.165, 1.54) is 0 Å². The molecule has 0 fully saturated rings. The molecule has 0 heterocycles. The zero-order chi connectivity index (χ0) is 24.3. The summed E-state index contributed by atoms with van der Waals surface area (Å²) in [6, 6.07) is 26.6. The van der Waals surface area contributed by atoms with E-state index in [4.69, 9.17) is 4.74 Å². The highest BCUT2D eigenvalue weighted by Crippen LogP contribution is 2.18. The van der Waals surface area contributed by atoms with E-state index in [1.54, 1.807) is 12.0 Å². The fourth-order valence-electron chi connectivity index (χ4n) is 3.79. The van der Waals surface area contributed by atoms with Gasteiger partial charge in [0.05, 0.1) is 13.5 Å². The molecular weight excluding hydrogens is 424 g/mol. The Kier molecular flexibility index (Phi) is 9.27. The van der Waals surface area contributed by atoms with Gasteiger partial charge >= 0.3 is 0 Å². The molecule has 0 spiro atoms. The number of rotatable bonds is 11. The first-order valence-electron chi connectivity index (χ1n) is 11.8. The van der Waals surface area contributed by atoms with Crippen molar-refractivity contribution in [1.29, 1.82) is 0 Å². The van der Waals surface area contributed by atoms with E-state index in [1.807, 2.05) is 98.8 Å². The second-order valence-corrected chi connectivity index (χ2v) is 8.56.